The number of aryl methyl sites for hydroxylation is 1. The van der Waals surface area contributed by atoms with Crippen LogP contribution in [0.1, 0.15) is 24.8 Å². The van der Waals surface area contributed by atoms with Crippen molar-refractivity contribution in [2.24, 2.45) is 5.92 Å². The van der Waals surface area contributed by atoms with Gasteiger partial charge in [0.25, 0.3) is 0 Å². The molecule has 0 aliphatic carbocycles. The number of likely N-dealkylation sites (tertiary alicyclic amines) is 1. The molecule has 0 saturated carbocycles. The van der Waals surface area contributed by atoms with Crippen LogP contribution >= 0.6 is 0 Å². The summed E-state index contributed by atoms with van der Waals surface area (Å²) in [5.41, 5.74) is 0.737. The fourth-order valence-corrected chi connectivity index (χ4v) is 3.42. The van der Waals surface area contributed by atoms with E-state index in [0.717, 1.165) is 31.4 Å². The van der Waals surface area contributed by atoms with Crippen LogP contribution in [0.25, 0.3) is 0 Å². The molecule has 2 saturated heterocycles. The Bertz CT molecular complexity index is 608. The molecule has 1 atom stereocenters. The topological polar surface area (TPSA) is 49.9 Å². The first-order valence-electron chi connectivity index (χ1n) is 8.56. The zero-order valence-corrected chi connectivity index (χ0v) is 13.7. The Morgan fingerprint density at radius 2 is 2.12 bits per heavy atom. The van der Waals surface area contributed by atoms with E-state index in [0.29, 0.717) is 32.0 Å². The van der Waals surface area contributed by atoms with Crippen LogP contribution in [0.15, 0.2) is 24.3 Å². The number of cyclic esters (lactones) is 1. The highest BCUT2D eigenvalue weighted by atomic mass is 19.1. The monoisotopic (exact) mass is 334 g/mol. The average molecular weight is 334 g/mol. The number of halogens is 1. The van der Waals surface area contributed by atoms with Gasteiger partial charge in [-0.1, -0.05) is 18.2 Å². The molecule has 24 heavy (non-hydrogen) atoms. The predicted molar refractivity (Wildman–Crippen MR) is 86.9 cm³/mol. The molecule has 1 unspecified atom stereocenters. The summed E-state index contributed by atoms with van der Waals surface area (Å²) < 4.78 is 18.6. The van der Waals surface area contributed by atoms with Gasteiger partial charge in [0.05, 0.1) is 6.54 Å². The van der Waals surface area contributed by atoms with E-state index in [2.05, 4.69) is 0 Å². The summed E-state index contributed by atoms with van der Waals surface area (Å²) in [5, 5.41) is 0. The highest BCUT2D eigenvalue weighted by molar-refractivity contribution is 5.83. The van der Waals surface area contributed by atoms with Gasteiger partial charge in [0, 0.05) is 13.1 Å². The minimum atomic E-state index is -0.406. The minimum absolute atomic E-state index is 0.0237. The molecule has 0 aromatic heterocycles. The van der Waals surface area contributed by atoms with Gasteiger partial charge in [-0.05, 0) is 43.2 Å². The van der Waals surface area contributed by atoms with E-state index in [1.165, 1.54) is 11.0 Å². The second-order valence-electron chi connectivity index (χ2n) is 6.51. The molecule has 6 heteroatoms. The van der Waals surface area contributed by atoms with E-state index in [1.54, 1.807) is 6.07 Å². The molecular weight excluding hydrogens is 311 g/mol. The van der Waals surface area contributed by atoms with Crippen molar-refractivity contribution >= 4 is 12.0 Å². The van der Waals surface area contributed by atoms with Crippen molar-refractivity contribution in [1.82, 2.24) is 9.80 Å². The fourth-order valence-electron chi connectivity index (χ4n) is 3.42. The number of hydrogen-bond acceptors (Lipinski definition) is 3. The van der Waals surface area contributed by atoms with Gasteiger partial charge in [0.1, 0.15) is 19.0 Å². The first kappa shape index (κ1) is 16.7. The summed E-state index contributed by atoms with van der Waals surface area (Å²) >= 11 is 0. The standard InChI is InChI=1S/C18H23FN2O3/c19-16-6-2-1-5-15(16)8-7-14-4-3-9-20(12-14)17(22)13-21-10-11-24-18(21)23/h1-2,5-6,14H,3-4,7-13H2. The second kappa shape index (κ2) is 7.64. The number of piperidine rings is 1. The Hall–Kier alpha value is -2.11. The molecule has 2 amide bonds. The van der Waals surface area contributed by atoms with Crippen molar-refractivity contribution in [2.75, 3.05) is 32.8 Å². The highest BCUT2D eigenvalue weighted by Crippen LogP contribution is 2.22. The number of rotatable bonds is 5. The van der Waals surface area contributed by atoms with Crippen LogP contribution in [0.2, 0.25) is 0 Å². The number of benzene rings is 1. The van der Waals surface area contributed by atoms with Gasteiger partial charge in [-0.3, -0.25) is 9.69 Å². The third-order valence-corrected chi connectivity index (χ3v) is 4.82. The Balaban J connectivity index is 1.49. The van der Waals surface area contributed by atoms with Crippen LogP contribution in [-0.2, 0) is 16.0 Å². The van der Waals surface area contributed by atoms with Gasteiger partial charge in [-0.15, -0.1) is 0 Å². The molecule has 3 rings (SSSR count). The zero-order valence-electron chi connectivity index (χ0n) is 13.7. The summed E-state index contributed by atoms with van der Waals surface area (Å²) in [5.74, 6) is 0.200. The zero-order chi connectivity index (χ0) is 16.9. The fraction of sp³-hybridized carbons (Fsp3) is 0.556. The lowest BCUT2D eigenvalue weighted by Crippen LogP contribution is -2.45. The number of carbonyl (C=O) groups is 2. The Labute approximate surface area is 141 Å². The Morgan fingerprint density at radius 1 is 1.29 bits per heavy atom. The molecule has 2 heterocycles. The van der Waals surface area contributed by atoms with Gasteiger partial charge in [0.15, 0.2) is 0 Å². The molecule has 0 N–H and O–H groups in total. The van der Waals surface area contributed by atoms with Crippen LogP contribution in [0.3, 0.4) is 0 Å². The molecule has 2 fully saturated rings. The third kappa shape index (κ3) is 4.04. The van der Waals surface area contributed by atoms with Crippen LogP contribution < -0.4 is 0 Å². The molecule has 0 spiro atoms. The number of nitrogens with zero attached hydrogens (tertiary/aromatic N) is 2. The van der Waals surface area contributed by atoms with Gasteiger partial charge < -0.3 is 9.64 Å². The smallest absolute Gasteiger partial charge is 0.410 e. The van der Waals surface area contributed by atoms with Crippen molar-refractivity contribution in [1.29, 1.82) is 0 Å². The van der Waals surface area contributed by atoms with Crippen molar-refractivity contribution in [3.63, 3.8) is 0 Å². The first-order valence-corrected chi connectivity index (χ1v) is 8.56. The molecule has 0 bridgehead atoms. The Kier molecular flexibility index (Phi) is 5.33. The van der Waals surface area contributed by atoms with Crippen molar-refractivity contribution in [2.45, 2.75) is 25.7 Å². The third-order valence-electron chi connectivity index (χ3n) is 4.82. The Morgan fingerprint density at radius 3 is 2.88 bits per heavy atom. The maximum absolute atomic E-state index is 13.7. The lowest BCUT2D eigenvalue weighted by molar-refractivity contribution is -0.133. The maximum Gasteiger partial charge on any atom is 0.410 e. The average Bonchev–Trinajstić information content (AvgIpc) is 2.99. The molecule has 0 radical (unpaired) electrons. The lowest BCUT2D eigenvalue weighted by atomic mass is 9.91. The van der Waals surface area contributed by atoms with E-state index in [4.69, 9.17) is 4.74 Å². The van der Waals surface area contributed by atoms with Crippen LogP contribution in [0, 0.1) is 11.7 Å². The number of ether oxygens (including phenoxy) is 1. The summed E-state index contributed by atoms with van der Waals surface area (Å²) in [4.78, 5) is 27.1. The van der Waals surface area contributed by atoms with E-state index >= 15 is 0 Å². The molecule has 2 aliphatic heterocycles. The number of hydrogen-bond donors (Lipinski definition) is 0. The molecule has 2 aliphatic rings. The van der Waals surface area contributed by atoms with Gasteiger partial charge in [-0.25, -0.2) is 9.18 Å². The van der Waals surface area contributed by atoms with Crippen LogP contribution in [-0.4, -0.2) is 54.6 Å². The number of amides is 2. The van der Waals surface area contributed by atoms with Crippen molar-refractivity contribution < 1.29 is 18.7 Å². The molecular formula is C18H23FN2O3. The minimum Gasteiger partial charge on any atom is -0.448 e. The number of carbonyl (C=O) groups excluding carboxylic acids is 2. The van der Waals surface area contributed by atoms with Crippen LogP contribution in [0.4, 0.5) is 9.18 Å². The van der Waals surface area contributed by atoms with E-state index in [-0.39, 0.29) is 18.3 Å². The molecule has 5 nitrogen and oxygen atoms in total. The van der Waals surface area contributed by atoms with Gasteiger partial charge in [-0.2, -0.15) is 0 Å². The van der Waals surface area contributed by atoms with Crippen molar-refractivity contribution in [3.05, 3.63) is 35.6 Å². The summed E-state index contributed by atoms with van der Waals surface area (Å²) in [6, 6.07) is 6.86. The first-order chi connectivity index (χ1) is 11.6. The SMILES string of the molecule is O=C(CN1CCOC1=O)N1CCCC(CCc2ccccc2F)C1. The summed E-state index contributed by atoms with van der Waals surface area (Å²) in [6.07, 6.45) is 3.17. The van der Waals surface area contributed by atoms with E-state index in [9.17, 15) is 14.0 Å². The molecule has 130 valence electrons. The highest BCUT2D eigenvalue weighted by Gasteiger charge is 2.29. The van der Waals surface area contributed by atoms with Gasteiger partial charge >= 0.3 is 6.09 Å². The van der Waals surface area contributed by atoms with E-state index in [1.807, 2.05) is 17.0 Å². The molecule has 1 aromatic rings. The lowest BCUT2D eigenvalue weighted by Gasteiger charge is -2.33. The van der Waals surface area contributed by atoms with Crippen molar-refractivity contribution in [3.8, 4) is 0 Å². The molecule has 1 aromatic carbocycles. The normalized spacial score (nSPS) is 21.0. The van der Waals surface area contributed by atoms with Gasteiger partial charge in [0.2, 0.25) is 5.91 Å². The maximum atomic E-state index is 13.7. The largest absolute Gasteiger partial charge is 0.448 e. The summed E-state index contributed by atoms with van der Waals surface area (Å²) in [6.45, 7) is 2.36. The quantitative estimate of drug-likeness (QED) is 0.831. The predicted octanol–water partition coefficient (Wildman–Crippen LogP) is 2.45. The summed E-state index contributed by atoms with van der Waals surface area (Å²) in [7, 11) is 0. The van der Waals surface area contributed by atoms with Crippen LogP contribution in [0.5, 0.6) is 0 Å². The second-order valence-corrected chi connectivity index (χ2v) is 6.51. The van der Waals surface area contributed by atoms with E-state index < -0.39 is 6.09 Å².